The lowest BCUT2D eigenvalue weighted by atomic mass is 9.77. The van der Waals surface area contributed by atoms with E-state index in [1.54, 1.807) is 11.3 Å². The quantitative estimate of drug-likeness (QED) is 0.790. The van der Waals surface area contributed by atoms with Gasteiger partial charge in [-0.25, -0.2) is 4.98 Å². The second-order valence-electron chi connectivity index (χ2n) is 4.74. The maximum Gasteiger partial charge on any atom is 0.180 e. The number of nitrogens with zero attached hydrogens (tertiary/aromatic N) is 2. The Kier molecular flexibility index (Phi) is 2.21. The number of aryl methyl sites for hydroxylation is 1. The number of aromatic nitrogens is 1. The van der Waals surface area contributed by atoms with E-state index < -0.39 is 0 Å². The van der Waals surface area contributed by atoms with E-state index in [-0.39, 0.29) is 0 Å². The van der Waals surface area contributed by atoms with Gasteiger partial charge in [0.1, 0.15) is 0 Å². The highest BCUT2D eigenvalue weighted by Crippen LogP contribution is 2.40. The van der Waals surface area contributed by atoms with Gasteiger partial charge < -0.3 is 10.6 Å². The van der Waals surface area contributed by atoms with E-state index in [4.69, 9.17) is 5.73 Å². The van der Waals surface area contributed by atoms with E-state index in [9.17, 15) is 0 Å². The summed E-state index contributed by atoms with van der Waals surface area (Å²) in [7, 11) is 0. The molecule has 82 valence electrons. The highest BCUT2D eigenvalue weighted by Gasteiger charge is 2.36. The summed E-state index contributed by atoms with van der Waals surface area (Å²) in [5, 5.41) is 0.735. The summed E-state index contributed by atoms with van der Waals surface area (Å²) in [6.07, 6.45) is 2.70. The highest BCUT2D eigenvalue weighted by atomic mass is 32.1. The summed E-state index contributed by atoms with van der Waals surface area (Å²) in [5.74, 6) is 1.51. The van der Waals surface area contributed by atoms with Gasteiger partial charge in [0.25, 0.3) is 0 Å². The summed E-state index contributed by atoms with van der Waals surface area (Å²) in [5.41, 5.74) is 7.06. The number of anilines is 1. The van der Waals surface area contributed by atoms with Crippen molar-refractivity contribution < 1.29 is 0 Å². The number of piperidine rings is 3. The molecular formula is C11H17N3S. The van der Waals surface area contributed by atoms with Crippen molar-refractivity contribution in [2.45, 2.75) is 25.7 Å². The Labute approximate surface area is 94.3 Å². The molecule has 2 N–H and O–H groups in total. The molecule has 1 atom stereocenters. The Bertz CT molecular complexity index is 366. The summed E-state index contributed by atoms with van der Waals surface area (Å²) >= 11 is 1.64. The number of fused-ring (bicyclic) bond motifs is 3. The van der Waals surface area contributed by atoms with Gasteiger partial charge in [-0.2, -0.15) is 0 Å². The third-order valence-electron chi connectivity index (χ3n) is 3.86. The second-order valence-corrected chi connectivity index (χ2v) is 5.97. The fraction of sp³-hybridized carbons (Fsp3) is 0.727. The number of thiazole rings is 1. The molecule has 0 amide bonds. The Morgan fingerprint density at radius 2 is 2.13 bits per heavy atom. The molecule has 0 radical (unpaired) electrons. The molecular weight excluding hydrogens is 206 g/mol. The molecule has 3 fully saturated rings. The first kappa shape index (κ1) is 9.60. The van der Waals surface area contributed by atoms with Crippen LogP contribution in [0.1, 0.15) is 29.3 Å². The molecule has 1 aromatic heterocycles. The van der Waals surface area contributed by atoms with Crippen LogP contribution in [-0.4, -0.2) is 29.5 Å². The first-order chi connectivity index (χ1) is 7.24. The monoisotopic (exact) mass is 223 g/mol. The Morgan fingerprint density at radius 1 is 1.40 bits per heavy atom. The van der Waals surface area contributed by atoms with Crippen LogP contribution in [0.4, 0.5) is 5.13 Å². The standard InChI is InChI=1S/C11H17N3S/c1-7-10(13-11(12)15-7)9-6-14-4-2-8(9)3-5-14/h8-9H,2-6H2,1H3,(H2,12,13). The van der Waals surface area contributed by atoms with Gasteiger partial charge in [0.15, 0.2) is 5.13 Å². The van der Waals surface area contributed by atoms with Gasteiger partial charge in [-0.3, -0.25) is 0 Å². The summed E-state index contributed by atoms with van der Waals surface area (Å²) in [6, 6.07) is 0. The number of nitrogen functional groups attached to an aromatic ring is 1. The average Bonchev–Trinajstić information content (AvgIpc) is 2.59. The van der Waals surface area contributed by atoms with E-state index in [1.807, 2.05) is 0 Å². The smallest absolute Gasteiger partial charge is 0.180 e. The van der Waals surface area contributed by atoms with Crippen LogP contribution >= 0.6 is 11.3 Å². The maximum atomic E-state index is 5.78. The highest BCUT2D eigenvalue weighted by molar-refractivity contribution is 7.15. The predicted octanol–water partition coefficient (Wildman–Crippen LogP) is 1.84. The van der Waals surface area contributed by atoms with Crippen LogP contribution in [0.2, 0.25) is 0 Å². The van der Waals surface area contributed by atoms with Crippen LogP contribution in [0.25, 0.3) is 0 Å². The van der Waals surface area contributed by atoms with Crippen LogP contribution in [0, 0.1) is 12.8 Å². The molecule has 2 bridgehead atoms. The van der Waals surface area contributed by atoms with E-state index in [1.165, 1.54) is 43.0 Å². The Hall–Kier alpha value is -0.610. The lowest BCUT2D eigenvalue weighted by molar-refractivity contribution is 0.0855. The van der Waals surface area contributed by atoms with Crippen LogP contribution in [0.15, 0.2) is 0 Å². The minimum Gasteiger partial charge on any atom is -0.375 e. The molecule has 1 aromatic rings. The Balaban J connectivity index is 1.91. The van der Waals surface area contributed by atoms with Gasteiger partial charge in [0, 0.05) is 17.3 Å². The first-order valence-corrected chi connectivity index (χ1v) is 6.51. The fourth-order valence-electron chi connectivity index (χ4n) is 3.05. The first-order valence-electron chi connectivity index (χ1n) is 5.69. The van der Waals surface area contributed by atoms with Crippen molar-refractivity contribution >= 4 is 16.5 Å². The lowest BCUT2D eigenvalue weighted by Crippen LogP contribution is -2.46. The van der Waals surface area contributed by atoms with E-state index >= 15 is 0 Å². The Morgan fingerprint density at radius 3 is 2.60 bits per heavy atom. The SMILES string of the molecule is Cc1sc(N)nc1C1CN2CCC1CC2. The van der Waals surface area contributed by atoms with E-state index in [0.717, 1.165) is 11.0 Å². The molecule has 3 aliphatic rings. The van der Waals surface area contributed by atoms with Crippen LogP contribution in [-0.2, 0) is 0 Å². The zero-order valence-corrected chi connectivity index (χ0v) is 9.89. The van der Waals surface area contributed by atoms with Crippen molar-refractivity contribution in [3.63, 3.8) is 0 Å². The van der Waals surface area contributed by atoms with Crippen molar-refractivity contribution in [3.05, 3.63) is 10.6 Å². The molecule has 4 rings (SSSR count). The summed E-state index contributed by atoms with van der Waals surface area (Å²) < 4.78 is 0. The number of hydrogen-bond donors (Lipinski definition) is 1. The second kappa shape index (κ2) is 3.46. The van der Waals surface area contributed by atoms with Crippen molar-refractivity contribution in [3.8, 4) is 0 Å². The average molecular weight is 223 g/mol. The molecule has 0 saturated carbocycles. The van der Waals surface area contributed by atoms with Crippen molar-refractivity contribution in [2.24, 2.45) is 5.92 Å². The molecule has 3 nitrogen and oxygen atoms in total. The zero-order valence-electron chi connectivity index (χ0n) is 9.07. The molecule has 0 aromatic carbocycles. The van der Waals surface area contributed by atoms with E-state index in [2.05, 4.69) is 16.8 Å². The van der Waals surface area contributed by atoms with Crippen LogP contribution in [0.3, 0.4) is 0 Å². The molecule has 15 heavy (non-hydrogen) atoms. The number of nitrogens with two attached hydrogens (primary N) is 1. The molecule has 1 unspecified atom stereocenters. The zero-order chi connectivity index (χ0) is 10.4. The summed E-state index contributed by atoms with van der Waals surface area (Å²) in [4.78, 5) is 8.42. The van der Waals surface area contributed by atoms with E-state index in [0.29, 0.717) is 5.92 Å². The normalized spacial score (nSPS) is 34.6. The topological polar surface area (TPSA) is 42.1 Å². The van der Waals surface area contributed by atoms with Crippen molar-refractivity contribution in [1.82, 2.24) is 9.88 Å². The van der Waals surface area contributed by atoms with Crippen molar-refractivity contribution in [1.29, 1.82) is 0 Å². The van der Waals surface area contributed by atoms with Crippen LogP contribution < -0.4 is 5.73 Å². The predicted molar refractivity (Wildman–Crippen MR) is 63.2 cm³/mol. The fourth-order valence-corrected chi connectivity index (χ4v) is 3.81. The minimum absolute atomic E-state index is 0.654. The van der Waals surface area contributed by atoms with Crippen molar-refractivity contribution in [2.75, 3.05) is 25.4 Å². The largest absolute Gasteiger partial charge is 0.375 e. The third kappa shape index (κ3) is 1.56. The molecule has 3 saturated heterocycles. The molecule has 0 aliphatic carbocycles. The van der Waals surface area contributed by atoms with Crippen LogP contribution in [0.5, 0.6) is 0 Å². The van der Waals surface area contributed by atoms with Gasteiger partial charge in [-0.05, 0) is 38.8 Å². The molecule has 4 heteroatoms. The van der Waals surface area contributed by atoms with Gasteiger partial charge in [0.2, 0.25) is 0 Å². The van der Waals surface area contributed by atoms with Gasteiger partial charge in [-0.15, -0.1) is 11.3 Å². The number of hydrogen-bond acceptors (Lipinski definition) is 4. The summed E-state index contributed by atoms with van der Waals surface area (Å²) in [6.45, 7) is 5.94. The number of rotatable bonds is 1. The molecule has 0 spiro atoms. The van der Waals surface area contributed by atoms with Gasteiger partial charge in [-0.1, -0.05) is 0 Å². The van der Waals surface area contributed by atoms with Gasteiger partial charge in [0.05, 0.1) is 5.69 Å². The third-order valence-corrected chi connectivity index (χ3v) is 4.67. The van der Waals surface area contributed by atoms with Gasteiger partial charge >= 0.3 is 0 Å². The molecule has 3 aliphatic heterocycles. The molecule has 4 heterocycles. The maximum absolute atomic E-state index is 5.78. The minimum atomic E-state index is 0.654. The lowest BCUT2D eigenvalue weighted by Gasteiger charge is -2.44.